The number of anilines is 1. The summed E-state index contributed by atoms with van der Waals surface area (Å²) >= 11 is 0. The van der Waals surface area contributed by atoms with Gasteiger partial charge >= 0.3 is 0 Å². The smallest absolute Gasteiger partial charge is 0.244 e. The molecule has 0 spiro atoms. The van der Waals surface area contributed by atoms with Crippen LogP contribution in [0.25, 0.3) is 0 Å². The predicted molar refractivity (Wildman–Crippen MR) is 58.2 cm³/mol. The first-order chi connectivity index (χ1) is 7.06. The minimum absolute atomic E-state index is 0.209. The van der Waals surface area contributed by atoms with Crippen molar-refractivity contribution in [2.45, 2.75) is 32.2 Å². The summed E-state index contributed by atoms with van der Waals surface area (Å²) in [6, 6.07) is 0. The van der Waals surface area contributed by atoms with Crippen molar-refractivity contribution in [1.29, 1.82) is 0 Å². The Kier molecular flexibility index (Phi) is 3.74. The average molecular weight is 208 g/mol. The highest BCUT2D eigenvalue weighted by molar-refractivity contribution is 5.97. The van der Waals surface area contributed by atoms with E-state index in [1.54, 1.807) is 6.92 Å². The van der Waals surface area contributed by atoms with Crippen LogP contribution in [0.3, 0.4) is 0 Å². The van der Waals surface area contributed by atoms with Gasteiger partial charge in [0.1, 0.15) is 6.33 Å². The molecule has 1 amide bonds. The third-order valence-electron chi connectivity index (χ3n) is 2.11. The third kappa shape index (κ3) is 3.28. The van der Waals surface area contributed by atoms with E-state index in [0.29, 0.717) is 12.1 Å². The van der Waals surface area contributed by atoms with E-state index in [9.17, 15) is 4.79 Å². The van der Waals surface area contributed by atoms with E-state index in [1.165, 1.54) is 18.7 Å². The minimum Gasteiger partial charge on any atom is -0.322 e. The number of rotatable bonds is 4. The molecule has 82 valence electrons. The van der Waals surface area contributed by atoms with Crippen LogP contribution in [0.2, 0.25) is 0 Å². The van der Waals surface area contributed by atoms with E-state index in [2.05, 4.69) is 15.3 Å². The summed E-state index contributed by atoms with van der Waals surface area (Å²) in [4.78, 5) is 19.3. The number of carbonyl (C=O) groups excluding carboxylic acids is 1. The normalized spacial score (nSPS) is 14.3. The molecule has 5 heteroatoms. The summed E-state index contributed by atoms with van der Waals surface area (Å²) in [7, 11) is 0. The summed E-state index contributed by atoms with van der Waals surface area (Å²) < 4.78 is 0. The molecule has 0 aliphatic heterocycles. The number of aromatic nitrogens is 2. The summed E-state index contributed by atoms with van der Waals surface area (Å²) in [6.07, 6.45) is 5.99. The molecule has 1 aromatic rings. The van der Waals surface area contributed by atoms with Gasteiger partial charge in [0.05, 0.1) is 23.6 Å². The van der Waals surface area contributed by atoms with Gasteiger partial charge < -0.3 is 11.1 Å². The van der Waals surface area contributed by atoms with Crippen LogP contribution >= 0.6 is 0 Å². The average Bonchev–Trinajstić information content (AvgIpc) is 2.19. The molecule has 1 atom stereocenters. The van der Waals surface area contributed by atoms with Crippen molar-refractivity contribution in [3.05, 3.63) is 18.7 Å². The monoisotopic (exact) mass is 208 g/mol. The van der Waals surface area contributed by atoms with Gasteiger partial charge in [-0.05, 0) is 13.3 Å². The fraction of sp³-hybridized carbons (Fsp3) is 0.500. The molecule has 1 aromatic heterocycles. The van der Waals surface area contributed by atoms with Crippen molar-refractivity contribution in [1.82, 2.24) is 9.97 Å². The van der Waals surface area contributed by atoms with Crippen LogP contribution in [-0.2, 0) is 4.79 Å². The fourth-order valence-electron chi connectivity index (χ4n) is 1.27. The zero-order valence-electron chi connectivity index (χ0n) is 9.03. The number of hydrogen-bond donors (Lipinski definition) is 2. The van der Waals surface area contributed by atoms with Gasteiger partial charge in [-0.1, -0.05) is 13.3 Å². The Bertz CT molecular complexity index is 323. The number of hydrogen-bond acceptors (Lipinski definition) is 4. The van der Waals surface area contributed by atoms with Crippen molar-refractivity contribution >= 4 is 11.6 Å². The van der Waals surface area contributed by atoms with E-state index in [0.717, 1.165) is 6.42 Å². The van der Waals surface area contributed by atoms with Crippen molar-refractivity contribution in [2.75, 3.05) is 5.32 Å². The van der Waals surface area contributed by atoms with Gasteiger partial charge in [-0.2, -0.15) is 0 Å². The van der Waals surface area contributed by atoms with Crippen LogP contribution in [0.4, 0.5) is 5.69 Å². The van der Waals surface area contributed by atoms with Crippen molar-refractivity contribution in [3.63, 3.8) is 0 Å². The molecule has 0 aromatic carbocycles. The number of nitrogens with zero attached hydrogens (tertiary/aromatic N) is 2. The molecule has 0 saturated carbocycles. The highest BCUT2D eigenvalue weighted by Crippen LogP contribution is 2.12. The van der Waals surface area contributed by atoms with Crippen LogP contribution in [0.1, 0.15) is 26.7 Å². The highest BCUT2D eigenvalue weighted by atomic mass is 16.2. The lowest BCUT2D eigenvalue weighted by Gasteiger charge is -2.22. The Morgan fingerprint density at radius 2 is 2.13 bits per heavy atom. The van der Waals surface area contributed by atoms with Crippen molar-refractivity contribution in [2.24, 2.45) is 5.73 Å². The molecule has 0 bridgehead atoms. The zero-order chi connectivity index (χ0) is 11.3. The van der Waals surface area contributed by atoms with Crippen molar-refractivity contribution < 1.29 is 4.79 Å². The van der Waals surface area contributed by atoms with Gasteiger partial charge in [0.15, 0.2) is 0 Å². The van der Waals surface area contributed by atoms with E-state index in [-0.39, 0.29) is 5.91 Å². The first-order valence-electron chi connectivity index (χ1n) is 4.91. The Morgan fingerprint density at radius 3 is 2.67 bits per heavy atom. The maximum Gasteiger partial charge on any atom is 0.244 e. The lowest BCUT2D eigenvalue weighted by Crippen LogP contribution is -2.48. The standard InChI is InChI=1S/C10H16N4O/c1-3-4-10(2,11)9(15)14-8-5-12-7-13-6-8/h5-7H,3-4,11H2,1-2H3,(H,14,15). The van der Waals surface area contributed by atoms with Gasteiger partial charge in [0.2, 0.25) is 5.91 Å². The van der Waals surface area contributed by atoms with E-state index >= 15 is 0 Å². The predicted octanol–water partition coefficient (Wildman–Crippen LogP) is 0.933. The molecule has 0 aliphatic rings. The SMILES string of the molecule is CCCC(C)(N)C(=O)Nc1cncnc1. The maximum absolute atomic E-state index is 11.7. The zero-order valence-corrected chi connectivity index (χ0v) is 9.03. The molecule has 0 aliphatic carbocycles. The number of nitrogens with one attached hydrogen (secondary N) is 1. The van der Waals surface area contributed by atoms with Gasteiger partial charge in [-0.15, -0.1) is 0 Å². The topological polar surface area (TPSA) is 80.9 Å². The van der Waals surface area contributed by atoms with Crippen LogP contribution in [0, 0.1) is 0 Å². The van der Waals surface area contributed by atoms with Gasteiger partial charge in [-0.25, -0.2) is 9.97 Å². The van der Waals surface area contributed by atoms with Crippen LogP contribution < -0.4 is 11.1 Å². The minimum atomic E-state index is -0.843. The van der Waals surface area contributed by atoms with Crippen molar-refractivity contribution in [3.8, 4) is 0 Å². The summed E-state index contributed by atoms with van der Waals surface area (Å²) in [5, 5.41) is 2.68. The second kappa shape index (κ2) is 4.84. The molecular weight excluding hydrogens is 192 g/mol. The Morgan fingerprint density at radius 1 is 1.53 bits per heavy atom. The molecule has 1 heterocycles. The first kappa shape index (κ1) is 11.6. The summed E-state index contributed by atoms with van der Waals surface area (Å²) in [5.41, 5.74) is 5.59. The van der Waals surface area contributed by atoms with Gasteiger partial charge in [0, 0.05) is 0 Å². The van der Waals surface area contributed by atoms with E-state index < -0.39 is 5.54 Å². The highest BCUT2D eigenvalue weighted by Gasteiger charge is 2.27. The second-order valence-corrected chi connectivity index (χ2v) is 3.75. The van der Waals surface area contributed by atoms with Crippen LogP contribution in [0.15, 0.2) is 18.7 Å². The molecule has 1 rings (SSSR count). The molecule has 0 saturated heterocycles. The number of carbonyl (C=O) groups is 1. The maximum atomic E-state index is 11.7. The lowest BCUT2D eigenvalue weighted by atomic mass is 9.96. The Hall–Kier alpha value is -1.49. The molecular formula is C10H16N4O. The van der Waals surface area contributed by atoms with Crippen LogP contribution in [0.5, 0.6) is 0 Å². The summed E-state index contributed by atoms with van der Waals surface area (Å²) in [6.45, 7) is 3.71. The number of nitrogens with two attached hydrogens (primary N) is 1. The van der Waals surface area contributed by atoms with Gasteiger partial charge in [-0.3, -0.25) is 4.79 Å². The van der Waals surface area contributed by atoms with Crippen LogP contribution in [-0.4, -0.2) is 21.4 Å². The molecule has 0 fully saturated rings. The first-order valence-corrected chi connectivity index (χ1v) is 4.91. The lowest BCUT2D eigenvalue weighted by molar-refractivity contribution is -0.120. The number of amides is 1. The molecule has 1 unspecified atom stereocenters. The molecule has 5 nitrogen and oxygen atoms in total. The molecule has 0 radical (unpaired) electrons. The largest absolute Gasteiger partial charge is 0.322 e. The van der Waals surface area contributed by atoms with E-state index in [1.807, 2.05) is 6.92 Å². The third-order valence-corrected chi connectivity index (χ3v) is 2.11. The fourth-order valence-corrected chi connectivity index (χ4v) is 1.27. The quantitative estimate of drug-likeness (QED) is 0.771. The van der Waals surface area contributed by atoms with E-state index in [4.69, 9.17) is 5.73 Å². The molecule has 15 heavy (non-hydrogen) atoms. The Balaban J connectivity index is 2.63. The summed E-state index contributed by atoms with van der Waals surface area (Å²) in [5.74, 6) is -0.209. The Labute approximate surface area is 89.1 Å². The second-order valence-electron chi connectivity index (χ2n) is 3.75. The molecule has 3 N–H and O–H groups in total. The van der Waals surface area contributed by atoms with Gasteiger partial charge in [0.25, 0.3) is 0 Å².